The number of hydrogen-bond acceptors (Lipinski definition) is 3. The molecule has 0 fully saturated rings. The minimum atomic E-state index is 0.224. The van der Waals surface area contributed by atoms with E-state index in [-0.39, 0.29) is 6.10 Å². The summed E-state index contributed by atoms with van der Waals surface area (Å²) in [4.78, 5) is 4.65. The summed E-state index contributed by atoms with van der Waals surface area (Å²) >= 11 is 0. The van der Waals surface area contributed by atoms with Crippen molar-refractivity contribution in [2.24, 2.45) is 5.92 Å². The molecule has 0 saturated carbocycles. The summed E-state index contributed by atoms with van der Waals surface area (Å²) in [6.45, 7) is 15.0. The summed E-state index contributed by atoms with van der Waals surface area (Å²) in [5.74, 6) is 1.85. The van der Waals surface area contributed by atoms with E-state index < -0.39 is 0 Å². The molecule has 1 heterocycles. The lowest BCUT2D eigenvalue weighted by atomic mass is 10.1. The van der Waals surface area contributed by atoms with Crippen LogP contribution in [0.3, 0.4) is 0 Å². The second-order valence-electron chi connectivity index (χ2n) is 6.64. The minimum absolute atomic E-state index is 0.224. The lowest BCUT2D eigenvalue weighted by molar-refractivity contribution is 0.200. The third-order valence-electron chi connectivity index (χ3n) is 3.37. The van der Waals surface area contributed by atoms with Crippen LogP contribution in [0.25, 0.3) is 0 Å². The Morgan fingerprint density at radius 2 is 1.86 bits per heavy atom. The van der Waals surface area contributed by atoms with E-state index in [1.807, 2.05) is 0 Å². The number of nitrogens with one attached hydrogen (secondary N) is 1. The number of nitrogens with zero attached hydrogens (tertiary/aromatic N) is 1. The summed E-state index contributed by atoms with van der Waals surface area (Å²) < 4.78 is 5.97. The molecule has 1 atom stereocenters. The minimum Gasteiger partial charge on any atom is -0.475 e. The normalized spacial score (nSPS) is 13.0. The maximum Gasteiger partial charge on any atom is 0.214 e. The number of ether oxygens (including phenoxy) is 1. The molecule has 0 aromatic carbocycles. The van der Waals surface area contributed by atoms with Gasteiger partial charge in [-0.15, -0.1) is 0 Å². The highest BCUT2D eigenvalue weighted by Gasteiger charge is 2.10. The number of pyridine rings is 1. The Hall–Kier alpha value is -1.09. The van der Waals surface area contributed by atoms with Gasteiger partial charge in [0.15, 0.2) is 0 Å². The molecule has 3 heteroatoms. The van der Waals surface area contributed by atoms with Crippen LogP contribution >= 0.6 is 0 Å². The summed E-state index contributed by atoms with van der Waals surface area (Å²) in [6, 6.07) is 4.26. The highest BCUT2D eigenvalue weighted by molar-refractivity contribution is 5.26. The largest absolute Gasteiger partial charge is 0.475 e. The average molecular weight is 292 g/mol. The van der Waals surface area contributed by atoms with Crippen molar-refractivity contribution in [3.63, 3.8) is 0 Å². The number of rotatable bonds is 9. The first kappa shape index (κ1) is 18.0. The van der Waals surface area contributed by atoms with Crippen LogP contribution in [0.5, 0.6) is 5.88 Å². The molecule has 0 radical (unpaired) electrons. The van der Waals surface area contributed by atoms with Crippen molar-refractivity contribution in [3.8, 4) is 5.88 Å². The quantitative estimate of drug-likeness (QED) is 0.726. The summed E-state index contributed by atoms with van der Waals surface area (Å²) in [5.41, 5.74) is 2.37. The molecule has 1 unspecified atom stereocenters. The van der Waals surface area contributed by atoms with E-state index >= 15 is 0 Å². The molecule has 0 spiro atoms. The zero-order valence-electron chi connectivity index (χ0n) is 14.6. The van der Waals surface area contributed by atoms with Crippen LogP contribution < -0.4 is 10.1 Å². The predicted octanol–water partition coefficient (Wildman–Crippen LogP) is 4.52. The van der Waals surface area contributed by atoms with Gasteiger partial charge < -0.3 is 10.1 Å². The van der Waals surface area contributed by atoms with Crippen LogP contribution in [0.1, 0.15) is 71.6 Å². The van der Waals surface area contributed by atoms with Crippen LogP contribution in [0.4, 0.5) is 0 Å². The SMILES string of the molecule is CCCC(C)Oc1cc(CNCC(C)C)cc(C(C)C)n1. The van der Waals surface area contributed by atoms with Crippen LogP contribution in [0.15, 0.2) is 12.1 Å². The van der Waals surface area contributed by atoms with Crippen molar-refractivity contribution in [1.29, 1.82) is 0 Å². The third-order valence-corrected chi connectivity index (χ3v) is 3.37. The monoisotopic (exact) mass is 292 g/mol. The van der Waals surface area contributed by atoms with E-state index in [1.165, 1.54) is 5.56 Å². The van der Waals surface area contributed by atoms with Crippen molar-refractivity contribution in [1.82, 2.24) is 10.3 Å². The zero-order valence-corrected chi connectivity index (χ0v) is 14.6. The lowest BCUT2D eigenvalue weighted by Gasteiger charge is -2.16. The fourth-order valence-corrected chi connectivity index (χ4v) is 2.22. The second kappa shape index (κ2) is 9.04. The molecule has 120 valence electrons. The van der Waals surface area contributed by atoms with Crippen LogP contribution in [-0.2, 0) is 6.54 Å². The maximum atomic E-state index is 5.97. The standard InChI is InChI=1S/C18H32N2O/c1-7-8-15(6)21-18-10-16(12-19-11-13(2)3)9-17(20-18)14(4)5/h9-10,13-15,19H,7-8,11-12H2,1-6H3. The van der Waals surface area contributed by atoms with Crippen molar-refractivity contribution in [2.45, 2.75) is 73.0 Å². The lowest BCUT2D eigenvalue weighted by Crippen LogP contribution is -2.19. The van der Waals surface area contributed by atoms with Gasteiger partial charge in [0.2, 0.25) is 5.88 Å². The van der Waals surface area contributed by atoms with Gasteiger partial charge in [0, 0.05) is 18.3 Å². The molecule has 1 rings (SSSR count). The fraction of sp³-hybridized carbons (Fsp3) is 0.722. The highest BCUT2D eigenvalue weighted by Crippen LogP contribution is 2.20. The smallest absolute Gasteiger partial charge is 0.214 e. The second-order valence-corrected chi connectivity index (χ2v) is 6.64. The summed E-state index contributed by atoms with van der Waals surface area (Å²) in [5, 5.41) is 3.49. The van der Waals surface area contributed by atoms with Gasteiger partial charge in [-0.2, -0.15) is 0 Å². The summed E-state index contributed by atoms with van der Waals surface area (Å²) in [6.07, 6.45) is 2.42. The molecule has 0 saturated heterocycles. The van der Waals surface area contributed by atoms with Gasteiger partial charge in [0.25, 0.3) is 0 Å². The van der Waals surface area contributed by atoms with E-state index in [1.54, 1.807) is 0 Å². The van der Waals surface area contributed by atoms with Crippen molar-refractivity contribution < 1.29 is 4.74 Å². The molecule has 1 aromatic heterocycles. The van der Waals surface area contributed by atoms with Gasteiger partial charge in [-0.1, -0.05) is 41.0 Å². The Morgan fingerprint density at radius 1 is 1.14 bits per heavy atom. The Kier molecular flexibility index (Phi) is 7.73. The van der Waals surface area contributed by atoms with Crippen molar-refractivity contribution in [3.05, 3.63) is 23.4 Å². The average Bonchev–Trinajstić information content (AvgIpc) is 2.38. The van der Waals surface area contributed by atoms with Gasteiger partial charge >= 0.3 is 0 Å². The number of hydrogen-bond donors (Lipinski definition) is 1. The van der Waals surface area contributed by atoms with Gasteiger partial charge in [0.1, 0.15) is 0 Å². The molecular formula is C18H32N2O. The molecule has 0 aliphatic heterocycles. The maximum absolute atomic E-state index is 5.97. The highest BCUT2D eigenvalue weighted by atomic mass is 16.5. The Labute approximate surface area is 130 Å². The number of aromatic nitrogens is 1. The fourth-order valence-electron chi connectivity index (χ4n) is 2.22. The van der Waals surface area contributed by atoms with Gasteiger partial charge in [0.05, 0.1) is 6.10 Å². The molecule has 0 aliphatic rings. The van der Waals surface area contributed by atoms with Crippen LogP contribution in [0.2, 0.25) is 0 Å². The molecule has 0 aliphatic carbocycles. The first-order valence-corrected chi connectivity index (χ1v) is 8.30. The third kappa shape index (κ3) is 6.94. The first-order chi connectivity index (χ1) is 9.92. The van der Waals surface area contributed by atoms with Gasteiger partial charge in [-0.05, 0) is 43.4 Å². The van der Waals surface area contributed by atoms with E-state index in [2.05, 4.69) is 64.0 Å². The first-order valence-electron chi connectivity index (χ1n) is 8.30. The van der Waals surface area contributed by atoms with Gasteiger partial charge in [-0.3, -0.25) is 0 Å². The van der Waals surface area contributed by atoms with E-state index in [9.17, 15) is 0 Å². The molecule has 1 aromatic rings. The topological polar surface area (TPSA) is 34.1 Å². The van der Waals surface area contributed by atoms with E-state index in [4.69, 9.17) is 4.74 Å². The van der Waals surface area contributed by atoms with Crippen molar-refractivity contribution in [2.75, 3.05) is 6.54 Å². The molecule has 0 amide bonds. The molecule has 21 heavy (non-hydrogen) atoms. The Bertz CT molecular complexity index is 416. The molecule has 0 bridgehead atoms. The van der Waals surface area contributed by atoms with Gasteiger partial charge in [-0.25, -0.2) is 4.98 Å². The zero-order chi connectivity index (χ0) is 15.8. The molecular weight excluding hydrogens is 260 g/mol. The van der Waals surface area contributed by atoms with Crippen molar-refractivity contribution >= 4 is 0 Å². The van der Waals surface area contributed by atoms with Crippen LogP contribution in [-0.4, -0.2) is 17.6 Å². The predicted molar refractivity (Wildman–Crippen MR) is 89.9 cm³/mol. The summed E-state index contributed by atoms with van der Waals surface area (Å²) in [7, 11) is 0. The van der Waals surface area contributed by atoms with E-state index in [0.717, 1.165) is 37.5 Å². The Morgan fingerprint density at radius 3 is 2.43 bits per heavy atom. The Balaban J connectivity index is 2.79. The molecule has 3 nitrogen and oxygen atoms in total. The van der Waals surface area contributed by atoms with E-state index in [0.29, 0.717) is 11.8 Å². The molecule has 1 N–H and O–H groups in total. The van der Waals surface area contributed by atoms with Crippen LogP contribution in [0, 0.1) is 5.92 Å².